The van der Waals surface area contributed by atoms with Crippen LogP contribution in [-0.4, -0.2) is 16.9 Å². The molecule has 0 aromatic carbocycles. The lowest BCUT2D eigenvalue weighted by molar-refractivity contribution is -0.130. The maximum atomic E-state index is 11.6. The van der Waals surface area contributed by atoms with Crippen LogP contribution < -0.4 is 0 Å². The predicted molar refractivity (Wildman–Crippen MR) is 63.1 cm³/mol. The molecule has 4 nitrogen and oxygen atoms in total. The number of pyridine rings is 1. The minimum atomic E-state index is -0.351. The molecule has 0 unspecified atom stereocenters. The lowest BCUT2D eigenvalue weighted by Gasteiger charge is -2.23. The van der Waals surface area contributed by atoms with Gasteiger partial charge in [-0.1, -0.05) is 12.5 Å². The number of esters is 1. The largest absolute Gasteiger partial charge is 0.406 e. The fourth-order valence-corrected chi connectivity index (χ4v) is 1.87. The van der Waals surface area contributed by atoms with E-state index < -0.39 is 0 Å². The average molecular weight is 228 g/mol. The molecule has 86 valence electrons. The molecule has 0 bridgehead atoms. The van der Waals surface area contributed by atoms with Gasteiger partial charge < -0.3 is 4.74 Å². The molecule has 0 saturated heterocycles. The Balaban J connectivity index is 1.85. The lowest BCUT2D eigenvalue weighted by atomic mass is 9.85. The highest BCUT2D eigenvalue weighted by atomic mass is 16.6. The van der Waals surface area contributed by atoms with E-state index in [1.807, 2.05) is 12.1 Å². The van der Waals surface area contributed by atoms with E-state index in [9.17, 15) is 4.79 Å². The maximum Gasteiger partial charge on any atom is 0.363 e. The van der Waals surface area contributed by atoms with Crippen molar-refractivity contribution in [2.24, 2.45) is 10.9 Å². The van der Waals surface area contributed by atoms with Gasteiger partial charge in [0.2, 0.25) is 5.90 Å². The van der Waals surface area contributed by atoms with E-state index in [0.29, 0.717) is 17.5 Å². The first-order chi connectivity index (χ1) is 8.33. The third-order valence-electron chi connectivity index (χ3n) is 3.08. The minimum absolute atomic E-state index is 0.346. The molecule has 3 rings (SSSR count). The molecule has 0 N–H and O–H groups in total. The molecular weight excluding hydrogens is 216 g/mol. The van der Waals surface area contributed by atoms with Crippen molar-refractivity contribution in [2.75, 3.05) is 0 Å². The molecule has 4 heteroatoms. The van der Waals surface area contributed by atoms with E-state index in [2.05, 4.69) is 9.98 Å². The van der Waals surface area contributed by atoms with Crippen molar-refractivity contribution in [3.63, 3.8) is 0 Å². The van der Waals surface area contributed by atoms with Gasteiger partial charge >= 0.3 is 5.97 Å². The number of hydrogen-bond acceptors (Lipinski definition) is 4. The Morgan fingerprint density at radius 2 is 2.29 bits per heavy atom. The van der Waals surface area contributed by atoms with E-state index in [4.69, 9.17) is 4.74 Å². The Bertz CT molecular complexity index is 501. The number of rotatable bonds is 2. The number of hydrogen-bond donors (Lipinski definition) is 0. The van der Waals surface area contributed by atoms with Crippen molar-refractivity contribution in [2.45, 2.75) is 19.3 Å². The monoisotopic (exact) mass is 228 g/mol. The van der Waals surface area contributed by atoms with Crippen molar-refractivity contribution in [3.8, 4) is 0 Å². The number of aliphatic imine (C=N–C) groups is 1. The molecule has 1 aliphatic heterocycles. The Kier molecular flexibility index (Phi) is 2.48. The highest BCUT2D eigenvalue weighted by molar-refractivity contribution is 6.07. The molecule has 1 aromatic rings. The molecule has 2 heterocycles. The highest BCUT2D eigenvalue weighted by Crippen LogP contribution is 2.31. The molecule has 17 heavy (non-hydrogen) atoms. The van der Waals surface area contributed by atoms with Gasteiger partial charge in [-0.3, -0.25) is 4.98 Å². The van der Waals surface area contributed by atoms with Gasteiger partial charge in [-0.2, -0.15) is 0 Å². The summed E-state index contributed by atoms with van der Waals surface area (Å²) < 4.78 is 5.17. The molecule has 1 fully saturated rings. The summed E-state index contributed by atoms with van der Waals surface area (Å²) in [5.74, 6) is 0.589. The van der Waals surface area contributed by atoms with E-state index in [1.165, 1.54) is 6.42 Å². The number of aromatic nitrogens is 1. The van der Waals surface area contributed by atoms with Crippen LogP contribution in [0.25, 0.3) is 6.08 Å². The van der Waals surface area contributed by atoms with Crippen LogP contribution in [0, 0.1) is 5.92 Å². The van der Waals surface area contributed by atoms with Gasteiger partial charge in [0.25, 0.3) is 0 Å². The fourth-order valence-electron chi connectivity index (χ4n) is 1.87. The van der Waals surface area contributed by atoms with Gasteiger partial charge in [-0.05, 0) is 30.5 Å². The normalized spacial score (nSPS) is 22.2. The molecule has 0 spiro atoms. The first kappa shape index (κ1) is 10.2. The first-order valence-corrected chi connectivity index (χ1v) is 5.75. The zero-order valence-electron chi connectivity index (χ0n) is 9.30. The fraction of sp³-hybridized carbons (Fsp3) is 0.308. The van der Waals surface area contributed by atoms with Gasteiger partial charge in [0.1, 0.15) is 0 Å². The highest BCUT2D eigenvalue weighted by Gasteiger charge is 2.32. The van der Waals surface area contributed by atoms with Gasteiger partial charge in [0.15, 0.2) is 5.70 Å². The van der Waals surface area contributed by atoms with E-state index in [-0.39, 0.29) is 5.97 Å². The smallest absolute Gasteiger partial charge is 0.363 e. The second kappa shape index (κ2) is 4.13. The summed E-state index contributed by atoms with van der Waals surface area (Å²) in [5, 5.41) is 0. The van der Waals surface area contributed by atoms with Crippen LogP contribution in [0.15, 0.2) is 35.2 Å². The van der Waals surface area contributed by atoms with Crippen molar-refractivity contribution in [1.82, 2.24) is 4.98 Å². The van der Waals surface area contributed by atoms with Crippen molar-refractivity contribution in [3.05, 3.63) is 35.8 Å². The zero-order chi connectivity index (χ0) is 11.7. The maximum absolute atomic E-state index is 11.6. The van der Waals surface area contributed by atoms with Gasteiger partial charge in [-0.25, -0.2) is 9.79 Å². The SMILES string of the molecule is O=C1OC(C2CCC2)=N/C1=C/c1cccnc1. The number of carbonyl (C=O) groups excluding carboxylic acids is 1. The standard InChI is InChI=1S/C13H12N2O2/c16-13-11(7-9-3-2-6-14-8-9)15-12(17-13)10-4-1-5-10/h2-3,6-8,10H,1,4-5H2/b11-7+. The molecule has 0 amide bonds. The Hall–Kier alpha value is -1.97. The second-order valence-electron chi connectivity index (χ2n) is 4.28. The van der Waals surface area contributed by atoms with E-state index in [1.54, 1.807) is 18.5 Å². The summed E-state index contributed by atoms with van der Waals surface area (Å²) in [6.45, 7) is 0. The summed E-state index contributed by atoms with van der Waals surface area (Å²) in [6.07, 6.45) is 8.44. The van der Waals surface area contributed by atoms with Gasteiger partial charge in [-0.15, -0.1) is 0 Å². The van der Waals surface area contributed by atoms with Gasteiger partial charge in [0, 0.05) is 18.3 Å². The van der Waals surface area contributed by atoms with Crippen LogP contribution in [0.1, 0.15) is 24.8 Å². The molecule has 0 atom stereocenters. The van der Waals surface area contributed by atoms with Crippen molar-refractivity contribution in [1.29, 1.82) is 0 Å². The number of nitrogens with zero attached hydrogens (tertiary/aromatic N) is 2. The summed E-state index contributed by atoms with van der Waals surface area (Å²) in [7, 11) is 0. The Labute approximate surface area is 99.0 Å². The number of ether oxygens (including phenoxy) is 1. The third-order valence-corrected chi connectivity index (χ3v) is 3.08. The van der Waals surface area contributed by atoms with E-state index >= 15 is 0 Å². The molecule has 0 radical (unpaired) electrons. The van der Waals surface area contributed by atoms with Crippen molar-refractivity contribution < 1.29 is 9.53 Å². The predicted octanol–water partition coefficient (Wildman–Crippen LogP) is 2.18. The van der Waals surface area contributed by atoms with Crippen LogP contribution in [-0.2, 0) is 9.53 Å². The lowest BCUT2D eigenvalue weighted by Crippen LogP contribution is -2.22. The molecular formula is C13H12N2O2. The summed E-state index contributed by atoms with van der Waals surface area (Å²) in [6, 6.07) is 3.70. The zero-order valence-corrected chi connectivity index (χ0v) is 9.30. The first-order valence-electron chi connectivity index (χ1n) is 5.75. The summed E-state index contributed by atoms with van der Waals surface area (Å²) in [4.78, 5) is 19.9. The van der Waals surface area contributed by atoms with E-state index in [0.717, 1.165) is 18.4 Å². The van der Waals surface area contributed by atoms with Crippen LogP contribution in [0.4, 0.5) is 0 Å². The Morgan fingerprint density at radius 1 is 1.41 bits per heavy atom. The quantitative estimate of drug-likeness (QED) is 0.575. The summed E-state index contributed by atoms with van der Waals surface area (Å²) >= 11 is 0. The Morgan fingerprint density at radius 3 is 2.94 bits per heavy atom. The van der Waals surface area contributed by atoms with Crippen LogP contribution in [0.3, 0.4) is 0 Å². The van der Waals surface area contributed by atoms with Crippen LogP contribution >= 0.6 is 0 Å². The second-order valence-corrected chi connectivity index (χ2v) is 4.28. The number of cyclic esters (lactones) is 1. The van der Waals surface area contributed by atoms with Gasteiger partial charge in [0.05, 0.1) is 0 Å². The molecule has 1 aromatic heterocycles. The summed E-state index contributed by atoms with van der Waals surface area (Å²) in [5.41, 5.74) is 1.23. The van der Waals surface area contributed by atoms with Crippen molar-refractivity contribution >= 4 is 17.9 Å². The molecule has 1 saturated carbocycles. The number of carbonyl (C=O) groups is 1. The third kappa shape index (κ3) is 1.98. The van der Waals surface area contributed by atoms with Crippen LogP contribution in [0.2, 0.25) is 0 Å². The minimum Gasteiger partial charge on any atom is -0.406 e. The average Bonchev–Trinajstić information content (AvgIpc) is 2.59. The molecule has 1 aliphatic carbocycles. The topological polar surface area (TPSA) is 51.5 Å². The van der Waals surface area contributed by atoms with Crippen LogP contribution in [0.5, 0.6) is 0 Å². The molecule has 2 aliphatic rings.